The Morgan fingerprint density at radius 1 is 1.72 bits per heavy atom. The van der Waals surface area contributed by atoms with E-state index in [1.54, 1.807) is 26.2 Å². The van der Waals surface area contributed by atoms with Gasteiger partial charge in [-0.2, -0.15) is 0 Å². The summed E-state index contributed by atoms with van der Waals surface area (Å²) < 4.78 is 0. The van der Waals surface area contributed by atoms with Crippen molar-refractivity contribution in [2.45, 2.75) is 33.2 Å². The molecular formula is C11H19N5O2. The van der Waals surface area contributed by atoms with Crippen LogP contribution >= 0.6 is 0 Å². The minimum Gasteiger partial charge on any atom is -0.409 e. The van der Waals surface area contributed by atoms with Crippen molar-refractivity contribution in [3.05, 3.63) is 18.2 Å². The summed E-state index contributed by atoms with van der Waals surface area (Å²) in [6.07, 6.45) is 4.00. The maximum atomic E-state index is 12.1. The summed E-state index contributed by atoms with van der Waals surface area (Å²) >= 11 is 0. The predicted octanol–water partition coefficient (Wildman–Crippen LogP) is 0.750. The quantitative estimate of drug-likeness (QED) is 0.268. The minimum absolute atomic E-state index is 0.130. The molecule has 18 heavy (non-hydrogen) atoms. The van der Waals surface area contributed by atoms with Crippen LogP contribution in [0, 0.1) is 5.41 Å². The molecule has 1 atom stereocenters. The zero-order valence-electron chi connectivity index (χ0n) is 10.8. The molecule has 0 saturated carbocycles. The number of rotatable bonds is 5. The van der Waals surface area contributed by atoms with Crippen LogP contribution in [-0.4, -0.2) is 26.9 Å². The van der Waals surface area contributed by atoms with Gasteiger partial charge in [0.15, 0.2) is 5.84 Å². The summed E-state index contributed by atoms with van der Waals surface area (Å²) in [7, 11) is 0. The van der Waals surface area contributed by atoms with Crippen LogP contribution in [0.15, 0.2) is 17.5 Å². The summed E-state index contributed by atoms with van der Waals surface area (Å²) in [6.45, 7) is 5.11. The Labute approximate surface area is 105 Å². The molecular weight excluding hydrogens is 234 g/mol. The van der Waals surface area contributed by atoms with E-state index in [9.17, 15) is 4.79 Å². The van der Waals surface area contributed by atoms with Crippen molar-refractivity contribution in [2.75, 3.05) is 0 Å². The van der Waals surface area contributed by atoms with Gasteiger partial charge in [0.05, 0.1) is 6.04 Å². The Hall–Kier alpha value is -2.05. The Bertz CT molecular complexity index is 425. The van der Waals surface area contributed by atoms with E-state index < -0.39 is 5.41 Å². The van der Waals surface area contributed by atoms with Gasteiger partial charge in [-0.15, -0.1) is 0 Å². The fourth-order valence-electron chi connectivity index (χ4n) is 1.41. The summed E-state index contributed by atoms with van der Waals surface area (Å²) in [5, 5.41) is 14.4. The van der Waals surface area contributed by atoms with Gasteiger partial charge in [-0.3, -0.25) is 4.79 Å². The van der Waals surface area contributed by atoms with Gasteiger partial charge in [-0.05, 0) is 20.3 Å². The van der Waals surface area contributed by atoms with Crippen LogP contribution in [0.4, 0.5) is 0 Å². The third kappa shape index (κ3) is 2.79. The van der Waals surface area contributed by atoms with E-state index in [4.69, 9.17) is 10.9 Å². The second-order valence-electron chi connectivity index (χ2n) is 4.52. The smallest absolute Gasteiger partial charge is 0.233 e. The Morgan fingerprint density at radius 2 is 2.39 bits per heavy atom. The maximum absolute atomic E-state index is 12.1. The largest absolute Gasteiger partial charge is 0.409 e. The third-order valence-electron chi connectivity index (χ3n) is 2.88. The highest BCUT2D eigenvalue weighted by molar-refractivity contribution is 6.05. The van der Waals surface area contributed by atoms with Crippen LogP contribution in [0.3, 0.4) is 0 Å². The first kappa shape index (κ1) is 14.0. The van der Waals surface area contributed by atoms with E-state index in [1.807, 2.05) is 6.92 Å². The molecule has 1 unspecified atom stereocenters. The molecule has 1 rings (SSSR count). The Balaban J connectivity index is 2.80. The molecule has 100 valence electrons. The van der Waals surface area contributed by atoms with Crippen molar-refractivity contribution in [3.63, 3.8) is 0 Å². The van der Waals surface area contributed by atoms with Crippen molar-refractivity contribution in [3.8, 4) is 0 Å². The number of carbonyl (C=O) groups excluding carboxylic acids is 1. The van der Waals surface area contributed by atoms with E-state index in [1.165, 1.54) is 0 Å². The number of hydrogen-bond donors (Lipinski definition) is 4. The second kappa shape index (κ2) is 5.52. The fraction of sp³-hybridized carbons (Fsp3) is 0.545. The summed E-state index contributed by atoms with van der Waals surface area (Å²) in [6, 6.07) is -0.224. The highest BCUT2D eigenvalue weighted by Gasteiger charge is 2.34. The topological polar surface area (TPSA) is 116 Å². The molecule has 0 aromatic carbocycles. The van der Waals surface area contributed by atoms with E-state index in [0.29, 0.717) is 12.2 Å². The van der Waals surface area contributed by atoms with Crippen LogP contribution in [0.2, 0.25) is 0 Å². The SMILES string of the molecule is CCC(NC(=O)C(C)(C)/C(N)=N/O)c1ncc[nH]1. The van der Waals surface area contributed by atoms with Gasteiger partial charge in [0.2, 0.25) is 5.91 Å². The Morgan fingerprint density at radius 3 is 2.83 bits per heavy atom. The first-order chi connectivity index (χ1) is 8.43. The number of amidine groups is 1. The number of nitrogens with zero attached hydrogens (tertiary/aromatic N) is 2. The zero-order chi connectivity index (χ0) is 13.8. The first-order valence-electron chi connectivity index (χ1n) is 5.71. The number of aromatic nitrogens is 2. The Kier molecular flexibility index (Phi) is 4.30. The number of nitrogens with two attached hydrogens (primary N) is 1. The van der Waals surface area contributed by atoms with Crippen molar-refractivity contribution in [1.29, 1.82) is 0 Å². The highest BCUT2D eigenvalue weighted by Crippen LogP contribution is 2.19. The molecule has 1 aromatic rings. The fourth-order valence-corrected chi connectivity index (χ4v) is 1.41. The molecule has 1 aromatic heterocycles. The third-order valence-corrected chi connectivity index (χ3v) is 2.88. The number of H-pyrrole nitrogens is 1. The summed E-state index contributed by atoms with van der Waals surface area (Å²) in [5.41, 5.74) is 4.43. The van der Waals surface area contributed by atoms with Crippen molar-refractivity contribution >= 4 is 11.7 Å². The van der Waals surface area contributed by atoms with Gasteiger partial charge in [-0.25, -0.2) is 4.98 Å². The van der Waals surface area contributed by atoms with Crippen molar-refractivity contribution in [1.82, 2.24) is 15.3 Å². The number of imidazole rings is 1. The van der Waals surface area contributed by atoms with Gasteiger partial charge >= 0.3 is 0 Å². The number of hydrogen-bond acceptors (Lipinski definition) is 4. The van der Waals surface area contributed by atoms with E-state index in [-0.39, 0.29) is 17.8 Å². The maximum Gasteiger partial charge on any atom is 0.233 e. The second-order valence-corrected chi connectivity index (χ2v) is 4.52. The first-order valence-corrected chi connectivity index (χ1v) is 5.71. The van der Waals surface area contributed by atoms with Crippen molar-refractivity contribution in [2.24, 2.45) is 16.3 Å². The highest BCUT2D eigenvalue weighted by atomic mass is 16.4. The van der Waals surface area contributed by atoms with Crippen LogP contribution < -0.4 is 11.1 Å². The molecule has 0 spiro atoms. The summed E-state index contributed by atoms with van der Waals surface area (Å²) in [5.74, 6) is 0.233. The zero-order valence-corrected chi connectivity index (χ0v) is 10.8. The number of amides is 1. The molecule has 0 radical (unpaired) electrons. The molecule has 0 aliphatic carbocycles. The lowest BCUT2D eigenvalue weighted by Crippen LogP contribution is -2.47. The van der Waals surface area contributed by atoms with E-state index in [0.717, 1.165) is 0 Å². The van der Waals surface area contributed by atoms with Gasteiger partial charge < -0.3 is 21.2 Å². The molecule has 0 aliphatic heterocycles. The molecule has 0 aliphatic rings. The molecule has 7 heteroatoms. The van der Waals surface area contributed by atoms with Crippen LogP contribution in [-0.2, 0) is 4.79 Å². The number of aromatic amines is 1. The minimum atomic E-state index is -1.07. The lowest BCUT2D eigenvalue weighted by atomic mass is 9.90. The van der Waals surface area contributed by atoms with Gasteiger partial charge in [-0.1, -0.05) is 12.1 Å². The molecule has 1 amide bonds. The molecule has 0 fully saturated rings. The van der Waals surface area contributed by atoms with Crippen molar-refractivity contribution < 1.29 is 10.0 Å². The van der Waals surface area contributed by atoms with E-state index >= 15 is 0 Å². The molecule has 7 nitrogen and oxygen atoms in total. The summed E-state index contributed by atoms with van der Waals surface area (Å²) in [4.78, 5) is 19.2. The molecule has 1 heterocycles. The van der Waals surface area contributed by atoms with Gasteiger partial charge in [0.1, 0.15) is 11.2 Å². The number of carbonyl (C=O) groups is 1. The lowest BCUT2D eigenvalue weighted by Gasteiger charge is -2.24. The van der Waals surface area contributed by atoms with Crippen LogP contribution in [0.5, 0.6) is 0 Å². The molecule has 0 bridgehead atoms. The van der Waals surface area contributed by atoms with E-state index in [2.05, 4.69) is 20.4 Å². The average molecular weight is 253 g/mol. The lowest BCUT2D eigenvalue weighted by molar-refractivity contribution is -0.127. The molecule has 0 saturated heterocycles. The van der Waals surface area contributed by atoms with Crippen LogP contribution in [0.25, 0.3) is 0 Å². The standard InChI is InChI=1S/C11H19N5O2/c1-4-7(8-13-5-6-14-8)15-10(17)11(2,3)9(12)16-18/h5-7,18H,4H2,1-3H3,(H2,12,16)(H,13,14)(H,15,17). The molecule has 5 N–H and O–H groups in total. The number of nitrogens with one attached hydrogen (secondary N) is 2. The monoisotopic (exact) mass is 253 g/mol. The average Bonchev–Trinajstić information content (AvgIpc) is 2.87. The number of oxime groups is 1. The van der Waals surface area contributed by atoms with Gasteiger partial charge in [0.25, 0.3) is 0 Å². The van der Waals surface area contributed by atoms with Crippen LogP contribution in [0.1, 0.15) is 39.1 Å². The van der Waals surface area contributed by atoms with Gasteiger partial charge in [0, 0.05) is 12.4 Å². The predicted molar refractivity (Wildman–Crippen MR) is 67.0 cm³/mol. The normalized spacial score (nSPS) is 14.3.